The van der Waals surface area contributed by atoms with Gasteiger partial charge in [-0.1, -0.05) is 18.2 Å². The van der Waals surface area contributed by atoms with Gasteiger partial charge in [-0.25, -0.2) is 0 Å². The summed E-state index contributed by atoms with van der Waals surface area (Å²) in [6, 6.07) is 10.6. The van der Waals surface area contributed by atoms with Crippen molar-refractivity contribution >= 4 is 23.2 Å². The quantitative estimate of drug-likeness (QED) is 0.795. The lowest BCUT2D eigenvalue weighted by Gasteiger charge is -2.16. The fraction of sp³-hybridized carbons (Fsp3) is 0.263. The molecule has 0 heterocycles. The van der Waals surface area contributed by atoms with Crippen molar-refractivity contribution < 1.29 is 23.8 Å². The molecule has 2 rings (SSSR count). The first-order valence-electron chi connectivity index (χ1n) is 7.96. The average Bonchev–Trinajstić information content (AvgIpc) is 2.61. The van der Waals surface area contributed by atoms with Gasteiger partial charge in [0, 0.05) is 19.1 Å². The normalized spacial score (nSPS) is 10.0. The summed E-state index contributed by atoms with van der Waals surface area (Å²) in [4.78, 5) is 23.5. The number of ether oxygens (including phenoxy) is 3. The number of amides is 2. The first-order chi connectivity index (χ1) is 12.4. The van der Waals surface area contributed by atoms with E-state index in [1.165, 1.54) is 21.1 Å². The number of rotatable bonds is 7. The van der Waals surface area contributed by atoms with Crippen molar-refractivity contribution in [2.45, 2.75) is 13.8 Å². The van der Waals surface area contributed by atoms with Gasteiger partial charge in [0.15, 0.2) is 6.61 Å². The molecule has 0 aliphatic rings. The topological polar surface area (TPSA) is 85.9 Å². The maximum absolute atomic E-state index is 12.2. The minimum atomic E-state index is -0.346. The van der Waals surface area contributed by atoms with Crippen molar-refractivity contribution in [3.63, 3.8) is 0 Å². The third-order valence-electron chi connectivity index (χ3n) is 3.56. The van der Waals surface area contributed by atoms with Crippen LogP contribution in [-0.2, 0) is 9.59 Å². The number of hydrogen-bond acceptors (Lipinski definition) is 5. The van der Waals surface area contributed by atoms with Gasteiger partial charge in [0.25, 0.3) is 5.91 Å². The molecule has 0 radical (unpaired) electrons. The Bertz CT molecular complexity index is 805. The van der Waals surface area contributed by atoms with E-state index < -0.39 is 0 Å². The van der Waals surface area contributed by atoms with Crippen molar-refractivity contribution in [2.24, 2.45) is 0 Å². The van der Waals surface area contributed by atoms with Crippen molar-refractivity contribution in [2.75, 3.05) is 31.5 Å². The van der Waals surface area contributed by atoms with Gasteiger partial charge in [-0.3, -0.25) is 9.59 Å². The van der Waals surface area contributed by atoms with Gasteiger partial charge in [0.1, 0.15) is 17.2 Å². The van der Waals surface area contributed by atoms with Crippen LogP contribution in [0, 0.1) is 6.92 Å². The third kappa shape index (κ3) is 4.89. The van der Waals surface area contributed by atoms with E-state index in [4.69, 9.17) is 14.2 Å². The van der Waals surface area contributed by atoms with Crippen LogP contribution in [0.15, 0.2) is 36.4 Å². The summed E-state index contributed by atoms with van der Waals surface area (Å²) in [5.74, 6) is 0.845. The second-order valence-electron chi connectivity index (χ2n) is 5.54. The highest BCUT2D eigenvalue weighted by Gasteiger charge is 2.15. The molecule has 0 fully saturated rings. The number of methoxy groups -OCH3 is 2. The van der Waals surface area contributed by atoms with Crippen LogP contribution in [0.1, 0.15) is 12.5 Å². The molecule has 2 aromatic carbocycles. The Morgan fingerprint density at radius 2 is 1.50 bits per heavy atom. The Hall–Kier alpha value is -3.22. The van der Waals surface area contributed by atoms with Crippen LogP contribution in [0.3, 0.4) is 0 Å². The molecule has 0 aliphatic heterocycles. The minimum Gasteiger partial charge on any atom is -0.494 e. The van der Waals surface area contributed by atoms with Gasteiger partial charge in [0.2, 0.25) is 5.91 Å². The molecule has 138 valence electrons. The van der Waals surface area contributed by atoms with Crippen LogP contribution in [0.5, 0.6) is 17.2 Å². The van der Waals surface area contributed by atoms with Gasteiger partial charge >= 0.3 is 0 Å². The van der Waals surface area contributed by atoms with E-state index in [0.29, 0.717) is 28.6 Å². The highest BCUT2D eigenvalue weighted by molar-refractivity contribution is 5.96. The summed E-state index contributed by atoms with van der Waals surface area (Å²) in [5.41, 5.74) is 1.81. The standard InChI is InChI=1S/C19H22N2O5/c1-12-7-5-6-8-16(12)26-11-19(23)21-15-10-17(24-3)14(20-13(2)22)9-18(15)25-4/h5-10H,11H2,1-4H3,(H,20,22)(H,21,23). The molecule has 0 atom stereocenters. The average molecular weight is 358 g/mol. The molecule has 0 aliphatic carbocycles. The summed E-state index contributed by atoms with van der Waals surface area (Å²) in [7, 11) is 2.94. The van der Waals surface area contributed by atoms with E-state index in [1.807, 2.05) is 25.1 Å². The lowest BCUT2D eigenvalue weighted by atomic mass is 10.2. The molecule has 0 unspecified atom stereocenters. The SMILES string of the molecule is COc1cc(NC(=O)COc2ccccc2C)c(OC)cc1NC(C)=O. The van der Waals surface area contributed by atoms with Crippen LogP contribution in [0.4, 0.5) is 11.4 Å². The predicted molar refractivity (Wildman–Crippen MR) is 99.2 cm³/mol. The third-order valence-corrected chi connectivity index (χ3v) is 3.56. The number of benzene rings is 2. The Morgan fingerprint density at radius 3 is 2.04 bits per heavy atom. The van der Waals surface area contributed by atoms with Crippen LogP contribution in [0.25, 0.3) is 0 Å². The summed E-state index contributed by atoms with van der Waals surface area (Å²) < 4.78 is 16.1. The van der Waals surface area contributed by atoms with Crippen LogP contribution in [0.2, 0.25) is 0 Å². The van der Waals surface area contributed by atoms with Gasteiger partial charge in [-0.2, -0.15) is 0 Å². The van der Waals surface area contributed by atoms with Gasteiger partial charge in [-0.05, 0) is 18.6 Å². The molecule has 26 heavy (non-hydrogen) atoms. The van der Waals surface area contributed by atoms with Gasteiger partial charge in [-0.15, -0.1) is 0 Å². The molecule has 7 nitrogen and oxygen atoms in total. The number of carbonyl (C=O) groups is 2. The molecule has 7 heteroatoms. The summed E-state index contributed by atoms with van der Waals surface area (Å²) in [5, 5.41) is 5.38. The monoisotopic (exact) mass is 358 g/mol. The highest BCUT2D eigenvalue weighted by Crippen LogP contribution is 2.36. The van der Waals surface area contributed by atoms with E-state index in [1.54, 1.807) is 18.2 Å². The number of carbonyl (C=O) groups excluding carboxylic acids is 2. The number of para-hydroxylation sites is 1. The molecule has 0 aromatic heterocycles. The Balaban J connectivity index is 2.13. The molecular formula is C19H22N2O5. The predicted octanol–water partition coefficient (Wildman–Crippen LogP) is 2.99. The van der Waals surface area contributed by atoms with Crippen molar-refractivity contribution in [1.82, 2.24) is 0 Å². The van der Waals surface area contributed by atoms with Gasteiger partial charge in [0.05, 0.1) is 25.6 Å². The van der Waals surface area contributed by atoms with Crippen molar-refractivity contribution in [3.05, 3.63) is 42.0 Å². The Labute approximate surface area is 152 Å². The molecule has 2 aromatic rings. The molecular weight excluding hydrogens is 336 g/mol. The Kier molecular flexibility index (Phi) is 6.43. The zero-order chi connectivity index (χ0) is 19.1. The molecule has 0 bridgehead atoms. The van der Waals surface area contributed by atoms with Crippen molar-refractivity contribution in [3.8, 4) is 17.2 Å². The van der Waals surface area contributed by atoms with E-state index in [-0.39, 0.29) is 18.4 Å². The maximum Gasteiger partial charge on any atom is 0.262 e. The largest absolute Gasteiger partial charge is 0.494 e. The molecule has 2 N–H and O–H groups in total. The minimum absolute atomic E-state index is 0.149. The fourth-order valence-corrected chi connectivity index (χ4v) is 2.33. The summed E-state index contributed by atoms with van der Waals surface area (Å²) >= 11 is 0. The number of hydrogen-bond donors (Lipinski definition) is 2. The molecule has 0 saturated carbocycles. The van der Waals surface area contributed by atoms with Crippen LogP contribution in [-0.4, -0.2) is 32.6 Å². The Morgan fingerprint density at radius 1 is 0.923 bits per heavy atom. The fourth-order valence-electron chi connectivity index (χ4n) is 2.33. The van der Waals surface area contributed by atoms with E-state index in [2.05, 4.69) is 10.6 Å². The van der Waals surface area contributed by atoms with Crippen LogP contribution < -0.4 is 24.8 Å². The summed E-state index contributed by atoms with van der Waals surface area (Å²) in [6.07, 6.45) is 0. The van der Waals surface area contributed by atoms with E-state index in [9.17, 15) is 9.59 Å². The number of aryl methyl sites for hydroxylation is 1. The second kappa shape index (κ2) is 8.75. The molecule has 0 saturated heterocycles. The first-order valence-corrected chi connectivity index (χ1v) is 7.96. The number of nitrogens with one attached hydrogen (secondary N) is 2. The lowest BCUT2D eigenvalue weighted by Crippen LogP contribution is -2.21. The first kappa shape index (κ1) is 19.1. The van der Waals surface area contributed by atoms with E-state index in [0.717, 1.165) is 5.56 Å². The smallest absolute Gasteiger partial charge is 0.262 e. The lowest BCUT2D eigenvalue weighted by molar-refractivity contribution is -0.118. The zero-order valence-electron chi connectivity index (χ0n) is 15.2. The summed E-state index contributed by atoms with van der Waals surface area (Å²) in [6.45, 7) is 3.15. The van der Waals surface area contributed by atoms with Crippen LogP contribution >= 0.6 is 0 Å². The highest BCUT2D eigenvalue weighted by atomic mass is 16.5. The molecule has 0 spiro atoms. The zero-order valence-corrected chi connectivity index (χ0v) is 15.2. The second-order valence-corrected chi connectivity index (χ2v) is 5.54. The maximum atomic E-state index is 12.2. The van der Waals surface area contributed by atoms with Gasteiger partial charge < -0.3 is 24.8 Å². The van der Waals surface area contributed by atoms with Crippen molar-refractivity contribution in [1.29, 1.82) is 0 Å². The molecule has 2 amide bonds. The number of anilines is 2. The van der Waals surface area contributed by atoms with E-state index >= 15 is 0 Å².